The van der Waals surface area contributed by atoms with Crippen LogP contribution in [0.25, 0.3) is 0 Å². The third-order valence-corrected chi connectivity index (χ3v) is 6.38. The number of benzene rings is 2. The molecule has 0 fully saturated rings. The zero-order valence-corrected chi connectivity index (χ0v) is 20.2. The number of aryl methyl sites for hydroxylation is 2. The molecule has 4 rings (SSSR count). The van der Waals surface area contributed by atoms with Crippen molar-refractivity contribution < 1.29 is 23.9 Å². The number of hydrogen-bond donors (Lipinski definition) is 0. The number of anilines is 2. The van der Waals surface area contributed by atoms with Crippen LogP contribution in [0, 0.1) is 13.8 Å². The highest BCUT2D eigenvalue weighted by Crippen LogP contribution is 2.37. The molecule has 1 aliphatic heterocycles. The largest absolute Gasteiger partial charge is 0.458 e. The maximum atomic E-state index is 12.4. The first-order valence-corrected chi connectivity index (χ1v) is 11.6. The second kappa shape index (κ2) is 9.36. The molecular weight excluding hydrogens is 478 g/mol. The van der Waals surface area contributed by atoms with Crippen LogP contribution in [-0.2, 0) is 20.9 Å². The molecule has 0 spiro atoms. The number of halogens is 1. The lowest BCUT2D eigenvalue weighted by Crippen LogP contribution is -2.35. The summed E-state index contributed by atoms with van der Waals surface area (Å²) in [4.78, 5) is 56.3. The topological polar surface area (TPSA) is 96.9 Å². The fourth-order valence-electron chi connectivity index (χ4n) is 3.76. The fourth-order valence-corrected chi connectivity index (χ4v) is 5.02. The third kappa shape index (κ3) is 4.44. The highest BCUT2D eigenvalue weighted by Gasteiger charge is 2.36. The van der Waals surface area contributed by atoms with Crippen LogP contribution < -0.4 is 4.90 Å². The number of ether oxygens (including phenoxy) is 1. The van der Waals surface area contributed by atoms with Gasteiger partial charge < -0.3 is 4.74 Å². The first kappa shape index (κ1) is 23.6. The average molecular weight is 498 g/mol. The SMILES string of the molecule is CC(=O)N(c1nc(COC(=O)CN2C(=O)c3ccccc3C2=O)cs1)c1c(C)cc(C)cc1Cl. The molecule has 0 atom stereocenters. The van der Waals surface area contributed by atoms with Crippen molar-refractivity contribution in [2.24, 2.45) is 0 Å². The summed E-state index contributed by atoms with van der Waals surface area (Å²) in [6.07, 6.45) is 0. The molecule has 34 heavy (non-hydrogen) atoms. The molecule has 8 nitrogen and oxygen atoms in total. The number of esters is 1. The first-order valence-electron chi connectivity index (χ1n) is 10.3. The van der Waals surface area contributed by atoms with Crippen molar-refractivity contribution in [3.05, 3.63) is 74.7 Å². The molecule has 174 valence electrons. The Labute approximate surface area is 204 Å². The number of carbonyl (C=O) groups excluding carboxylic acids is 4. The van der Waals surface area contributed by atoms with E-state index < -0.39 is 24.3 Å². The molecule has 2 heterocycles. The van der Waals surface area contributed by atoms with Crippen LogP contribution in [-0.4, -0.2) is 40.1 Å². The van der Waals surface area contributed by atoms with Crippen molar-refractivity contribution in [2.45, 2.75) is 27.4 Å². The molecule has 3 aromatic rings. The Morgan fingerprint density at radius 2 is 1.76 bits per heavy atom. The van der Waals surface area contributed by atoms with Crippen molar-refractivity contribution in [3.8, 4) is 0 Å². The Hall–Kier alpha value is -3.56. The van der Waals surface area contributed by atoms with E-state index in [1.807, 2.05) is 19.9 Å². The number of rotatable bonds is 6. The van der Waals surface area contributed by atoms with Gasteiger partial charge in [-0.25, -0.2) is 4.98 Å². The van der Waals surface area contributed by atoms with Crippen molar-refractivity contribution in [2.75, 3.05) is 11.4 Å². The Balaban J connectivity index is 1.44. The van der Waals surface area contributed by atoms with Crippen molar-refractivity contribution in [1.29, 1.82) is 0 Å². The molecule has 0 saturated carbocycles. The van der Waals surface area contributed by atoms with Gasteiger partial charge in [-0.15, -0.1) is 11.3 Å². The number of hydrogen-bond acceptors (Lipinski definition) is 7. The molecular formula is C24H20ClN3O5S. The van der Waals surface area contributed by atoms with Gasteiger partial charge >= 0.3 is 5.97 Å². The summed E-state index contributed by atoms with van der Waals surface area (Å²) in [5.41, 5.74) is 3.28. The molecule has 0 saturated heterocycles. The summed E-state index contributed by atoms with van der Waals surface area (Å²) in [5.74, 6) is -2.07. The van der Waals surface area contributed by atoms with E-state index in [0.29, 0.717) is 21.5 Å². The van der Waals surface area contributed by atoms with Gasteiger partial charge in [-0.3, -0.25) is 29.0 Å². The van der Waals surface area contributed by atoms with Crippen LogP contribution in [0.2, 0.25) is 5.02 Å². The Bertz CT molecular complexity index is 1280. The number of thiazole rings is 1. The summed E-state index contributed by atoms with van der Waals surface area (Å²) < 4.78 is 5.24. The summed E-state index contributed by atoms with van der Waals surface area (Å²) in [6.45, 7) is 4.52. The van der Waals surface area contributed by atoms with E-state index in [9.17, 15) is 19.2 Å². The standard InChI is InChI=1S/C24H20ClN3O5S/c1-13-8-14(2)21(19(25)9-13)28(15(3)29)24-26-16(12-34-24)11-33-20(30)10-27-22(31)17-6-4-5-7-18(17)23(27)32/h4-9,12H,10-11H2,1-3H3. The predicted octanol–water partition coefficient (Wildman–Crippen LogP) is 4.44. The lowest BCUT2D eigenvalue weighted by molar-refractivity contribution is -0.145. The second-order valence-electron chi connectivity index (χ2n) is 7.79. The van der Waals surface area contributed by atoms with Gasteiger partial charge in [0.1, 0.15) is 13.2 Å². The van der Waals surface area contributed by atoms with Gasteiger partial charge in [0, 0.05) is 12.3 Å². The molecule has 3 amide bonds. The zero-order chi connectivity index (χ0) is 24.6. The number of nitrogens with zero attached hydrogens (tertiary/aromatic N) is 3. The minimum Gasteiger partial charge on any atom is -0.458 e. The molecule has 0 N–H and O–H groups in total. The fraction of sp³-hybridized carbons (Fsp3) is 0.208. The van der Waals surface area contributed by atoms with Crippen LogP contribution in [0.5, 0.6) is 0 Å². The molecule has 1 aliphatic rings. The van der Waals surface area contributed by atoms with Gasteiger partial charge in [0.05, 0.1) is 27.5 Å². The van der Waals surface area contributed by atoms with Gasteiger partial charge in [0.25, 0.3) is 11.8 Å². The van der Waals surface area contributed by atoms with E-state index in [-0.39, 0.29) is 23.6 Å². The Morgan fingerprint density at radius 3 is 2.35 bits per heavy atom. The Kier molecular flexibility index (Phi) is 6.49. The normalized spacial score (nSPS) is 12.6. The Morgan fingerprint density at radius 1 is 1.12 bits per heavy atom. The number of amides is 3. The molecule has 0 aliphatic carbocycles. The van der Waals surface area contributed by atoms with Crippen LogP contribution >= 0.6 is 22.9 Å². The van der Waals surface area contributed by atoms with Crippen LogP contribution in [0.1, 0.15) is 44.5 Å². The highest BCUT2D eigenvalue weighted by molar-refractivity contribution is 7.14. The summed E-state index contributed by atoms with van der Waals surface area (Å²) >= 11 is 7.63. The van der Waals surface area contributed by atoms with E-state index in [0.717, 1.165) is 16.0 Å². The number of imide groups is 1. The van der Waals surface area contributed by atoms with Gasteiger partial charge in [-0.2, -0.15) is 0 Å². The minimum absolute atomic E-state index is 0.176. The predicted molar refractivity (Wildman–Crippen MR) is 127 cm³/mol. The van der Waals surface area contributed by atoms with Crippen LogP contribution in [0.15, 0.2) is 41.8 Å². The smallest absolute Gasteiger partial charge is 0.326 e. The van der Waals surface area contributed by atoms with E-state index in [4.69, 9.17) is 16.3 Å². The molecule has 0 bridgehead atoms. The van der Waals surface area contributed by atoms with Gasteiger partial charge in [0.2, 0.25) is 5.91 Å². The number of aromatic nitrogens is 1. The minimum atomic E-state index is -0.745. The van der Waals surface area contributed by atoms with E-state index in [1.165, 1.54) is 23.2 Å². The highest BCUT2D eigenvalue weighted by atomic mass is 35.5. The van der Waals surface area contributed by atoms with E-state index in [2.05, 4.69) is 4.98 Å². The first-order chi connectivity index (χ1) is 16.2. The van der Waals surface area contributed by atoms with Gasteiger partial charge in [-0.1, -0.05) is 29.8 Å². The van der Waals surface area contributed by atoms with Gasteiger partial charge in [-0.05, 0) is 43.2 Å². The monoisotopic (exact) mass is 497 g/mol. The molecule has 2 aromatic carbocycles. The second-order valence-corrected chi connectivity index (χ2v) is 9.03. The number of carbonyl (C=O) groups is 4. The van der Waals surface area contributed by atoms with E-state index in [1.54, 1.807) is 35.7 Å². The molecule has 0 unspecified atom stereocenters. The average Bonchev–Trinajstić information content (AvgIpc) is 3.33. The van der Waals surface area contributed by atoms with Crippen LogP contribution in [0.3, 0.4) is 0 Å². The maximum Gasteiger partial charge on any atom is 0.326 e. The quantitative estimate of drug-likeness (QED) is 0.369. The van der Waals surface area contributed by atoms with Crippen molar-refractivity contribution in [1.82, 2.24) is 9.88 Å². The summed E-state index contributed by atoms with van der Waals surface area (Å²) in [6, 6.07) is 10.1. The van der Waals surface area contributed by atoms with E-state index >= 15 is 0 Å². The van der Waals surface area contributed by atoms with Crippen molar-refractivity contribution in [3.63, 3.8) is 0 Å². The maximum absolute atomic E-state index is 12.4. The molecule has 0 radical (unpaired) electrons. The third-order valence-electron chi connectivity index (χ3n) is 5.21. The summed E-state index contributed by atoms with van der Waals surface area (Å²) in [7, 11) is 0. The molecule has 10 heteroatoms. The van der Waals surface area contributed by atoms with Crippen molar-refractivity contribution >= 4 is 57.4 Å². The van der Waals surface area contributed by atoms with Crippen LogP contribution in [0.4, 0.5) is 10.8 Å². The van der Waals surface area contributed by atoms with Gasteiger partial charge in [0.15, 0.2) is 5.13 Å². The lowest BCUT2D eigenvalue weighted by Gasteiger charge is -2.22. The summed E-state index contributed by atoms with van der Waals surface area (Å²) in [5, 5.41) is 2.47. The number of fused-ring (bicyclic) bond motifs is 1. The zero-order valence-electron chi connectivity index (χ0n) is 18.6. The molecule has 1 aromatic heterocycles. The lowest BCUT2D eigenvalue weighted by atomic mass is 10.1.